The predicted molar refractivity (Wildman–Crippen MR) is 113 cm³/mol. The van der Waals surface area contributed by atoms with Crippen LogP contribution in [0.1, 0.15) is 25.8 Å². The van der Waals surface area contributed by atoms with Gasteiger partial charge in [-0.15, -0.1) is 0 Å². The summed E-state index contributed by atoms with van der Waals surface area (Å²) in [7, 11) is -0.0722. The first kappa shape index (κ1) is 23.7. The van der Waals surface area contributed by atoms with Crippen molar-refractivity contribution in [3.8, 4) is 11.5 Å². The number of amides is 1. The molecule has 1 aromatic carbocycles. The van der Waals surface area contributed by atoms with Crippen LogP contribution in [0.2, 0.25) is 0 Å². The van der Waals surface area contributed by atoms with Gasteiger partial charge >= 0.3 is 5.97 Å². The molecule has 0 aliphatic carbocycles. The smallest absolute Gasteiger partial charge is 0.331 e. The van der Waals surface area contributed by atoms with Crippen LogP contribution in [0.5, 0.6) is 11.5 Å². The average Bonchev–Trinajstić information content (AvgIpc) is 3.07. The summed E-state index contributed by atoms with van der Waals surface area (Å²) in [5.74, 6) is 0.272. The summed E-state index contributed by atoms with van der Waals surface area (Å²) in [5.41, 5.74) is 0.652. The van der Waals surface area contributed by atoms with Crippen LogP contribution in [0, 0.1) is 5.92 Å². The first-order valence-electron chi connectivity index (χ1n) is 9.72. The van der Waals surface area contributed by atoms with Crippen LogP contribution in [-0.4, -0.2) is 70.1 Å². The molecular formula is C21H29NO7S. The van der Waals surface area contributed by atoms with Crippen LogP contribution in [-0.2, 0) is 24.2 Å². The molecule has 2 rings (SSSR count). The number of carbonyl (C=O) groups is 2. The lowest BCUT2D eigenvalue weighted by Crippen LogP contribution is -2.45. The van der Waals surface area contributed by atoms with Crippen molar-refractivity contribution in [3.05, 3.63) is 29.8 Å². The SMILES string of the molecule is COc1ccc(C=CC(=O)OCC(=O)N(CC(C)C)C2CCS(=O)(=O)C2)c(OC)c1. The molecule has 1 aliphatic rings. The number of sulfone groups is 1. The van der Waals surface area contributed by atoms with E-state index in [1.807, 2.05) is 13.8 Å². The molecule has 1 aromatic rings. The first-order chi connectivity index (χ1) is 14.1. The Hall–Kier alpha value is -2.55. The van der Waals surface area contributed by atoms with Gasteiger partial charge in [-0.2, -0.15) is 0 Å². The minimum Gasteiger partial charge on any atom is -0.497 e. The van der Waals surface area contributed by atoms with E-state index in [9.17, 15) is 18.0 Å². The molecule has 0 bridgehead atoms. The van der Waals surface area contributed by atoms with Gasteiger partial charge in [0, 0.05) is 30.3 Å². The zero-order valence-electron chi connectivity index (χ0n) is 17.8. The summed E-state index contributed by atoms with van der Waals surface area (Å²) in [6.07, 6.45) is 3.15. The number of benzene rings is 1. The topological polar surface area (TPSA) is 99.2 Å². The number of carbonyl (C=O) groups excluding carboxylic acids is 2. The molecule has 1 saturated heterocycles. The van der Waals surface area contributed by atoms with Crippen LogP contribution in [0.4, 0.5) is 0 Å². The first-order valence-corrected chi connectivity index (χ1v) is 11.5. The Balaban J connectivity index is 1.98. The fourth-order valence-corrected chi connectivity index (χ4v) is 4.98. The Bertz CT molecular complexity index is 893. The molecule has 30 heavy (non-hydrogen) atoms. The van der Waals surface area contributed by atoms with Gasteiger partial charge in [0.05, 0.1) is 25.7 Å². The second kappa shape index (κ2) is 10.5. The van der Waals surface area contributed by atoms with Gasteiger partial charge in [0.1, 0.15) is 11.5 Å². The van der Waals surface area contributed by atoms with Gasteiger partial charge in [-0.25, -0.2) is 13.2 Å². The van der Waals surface area contributed by atoms with Gasteiger partial charge in [0.15, 0.2) is 16.4 Å². The van der Waals surface area contributed by atoms with Crippen molar-refractivity contribution >= 4 is 27.8 Å². The highest BCUT2D eigenvalue weighted by Crippen LogP contribution is 2.25. The summed E-state index contributed by atoms with van der Waals surface area (Å²) in [6, 6.07) is 4.78. The standard InChI is InChI=1S/C21H29NO7S/c1-15(2)12-22(17-9-10-30(25,26)14-17)20(23)13-29-21(24)8-6-16-5-7-18(27-3)11-19(16)28-4/h5-8,11,15,17H,9-10,12-14H2,1-4H3. The van der Waals surface area contributed by atoms with Crippen molar-refractivity contribution in [2.75, 3.05) is 38.9 Å². The van der Waals surface area contributed by atoms with Gasteiger partial charge < -0.3 is 19.1 Å². The Labute approximate surface area is 177 Å². The molecule has 1 unspecified atom stereocenters. The largest absolute Gasteiger partial charge is 0.497 e. The maximum Gasteiger partial charge on any atom is 0.331 e. The summed E-state index contributed by atoms with van der Waals surface area (Å²) in [6.45, 7) is 3.86. The van der Waals surface area contributed by atoms with Crippen LogP contribution in [0.25, 0.3) is 6.08 Å². The summed E-state index contributed by atoms with van der Waals surface area (Å²) in [5, 5.41) is 0. The second-order valence-corrected chi connectivity index (χ2v) is 9.77. The minimum atomic E-state index is -3.13. The molecule has 8 nitrogen and oxygen atoms in total. The molecule has 0 saturated carbocycles. The third-order valence-electron chi connectivity index (χ3n) is 4.71. The number of esters is 1. The van der Waals surface area contributed by atoms with Gasteiger partial charge in [-0.1, -0.05) is 13.8 Å². The van der Waals surface area contributed by atoms with Crippen LogP contribution >= 0.6 is 0 Å². The highest BCUT2D eigenvalue weighted by Gasteiger charge is 2.35. The lowest BCUT2D eigenvalue weighted by molar-refractivity contribution is -0.149. The van der Waals surface area contributed by atoms with Crippen molar-refractivity contribution in [2.24, 2.45) is 5.92 Å². The zero-order chi connectivity index (χ0) is 22.3. The van der Waals surface area contributed by atoms with Crippen molar-refractivity contribution in [1.82, 2.24) is 4.90 Å². The predicted octanol–water partition coefficient (Wildman–Crippen LogP) is 1.93. The third kappa shape index (κ3) is 6.76. The zero-order valence-corrected chi connectivity index (χ0v) is 18.6. The lowest BCUT2D eigenvalue weighted by atomic mass is 10.1. The molecule has 1 fully saturated rings. The summed E-state index contributed by atoms with van der Waals surface area (Å²) < 4.78 is 39.0. The quantitative estimate of drug-likeness (QED) is 0.428. The molecular weight excluding hydrogens is 410 g/mol. The van der Waals surface area contributed by atoms with E-state index < -0.39 is 28.3 Å². The van der Waals surface area contributed by atoms with E-state index in [4.69, 9.17) is 14.2 Å². The number of hydrogen-bond acceptors (Lipinski definition) is 7. The third-order valence-corrected chi connectivity index (χ3v) is 6.46. The van der Waals surface area contributed by atoms with Crippen LogP contribution in [0.15, 0.2) is 24.3 Å². The monoisotopic (exact) mass is 439 g/mol. The molecule has 1 atom stereocenters. The molecule has 0 N–H and O–H groups in total. The van der Waals surface area contributed by atoms with Crippen LogP contribution in [0.3, 0.4) is 0 Å². The molecule has 9 heteroatoms. The molecule has 0 radical (unpaired) electrons. The number of ether oxygens (including phenoxy) is 3. The van der Waals surface area contributed by atoms with Gasteiger partial charge in [-0.05, 0) is 30.5 Å². The van der Waals surface area contributed by atoms with E-state index >= 15 is 0 Å². The maximum atomic E-state index is 12.6. The van der Waals surface area contributed by atoms with Gasteiger partial charge in [0.25, 0.3) is 5.91 Å². The molecule has 1 amide bonds. The molecule has 0 spiro atoms. The van der Waals surface area contributed by atoms with E-state index in [0.29, 0.717) is 30.0 Å². The fourth-order valence-electron chi connectivity index (χ4n) is 3.25. The fraction of sp³-hybridized carbons (Fsp3) is 0.524. The minimum absolute atomic E-state index is 0.0451. The normalized spacial score (nSPS) is 17.8. The second-order valence-electron chi connectivity index (χ2n) is 7.55. The van der Waals surface area contributed by atoms with Gasteiger partial charge in [-0.3, -0.25) is 4.79 Å². The number of nitrogens with zero attached hydrogens (tertiary/aromatic N) is 1. The van der Waals surface area contributed by atoms with E-state index in [-0.39, 0.29) is 23.5 Å². The van der Waals surface area contributed by atoms with E-state index in [2.05, 4.69) is 0 Å². The highest BCUT2D eigenvalue weighted by molar-refractivity contribution is 7.91. The molecule has 1 heterocycles. The highest BCUT2D eigenvalue weighted by atomic mass is 32.2. The lowest BCUT2D eigenvalue weighted by Gasteiger charge is -2.29. The van der Waals surface area contributed by atoms with E-state index in [1.54, 1.807) is 25.3 Å². The Kier molecular flexibility index (Phi) is 8.28. The summed E-state index contributed by atoms with van der Waals surface area (Å²) >= 11 is 0. The molecule has 166 valence electrons. The Morgan fingerprint density at radius 3 is 2.53 bits per heavy atom. The number of methoxy groups -OCH3 is 2. The number of rotatable bonds is 9. The van der Waals surface area contributed by atoms with Crippen molar-refractivity contribution < 1.29 is 32.2 Å². The molecule has 0 aromatic heterocycles. The van der Waals surface area contributed by atoms with Crippen molar-refractivity contribution in [2.45, 2.75) is 26.3 Å². The average molecular weight is 440 g/mol. The molecule has 1 aliphatic heterocycles. The van der Waals surface area contributed by atoms with Gasteiger partial charge in [0.2, 0.25) is 0 Å². The Morgan fingerprint density at radius 2 is 1.97 bits per heavy atom. The maximum absolute atomic E-state index is 12.6. The Morgan fingerprint density at radius 1 is 1.23 bits per heavy atom. The van der Waals surface area contributed by atoms with Crippen LogP contribution < -0.4 is 9.47 Å². The summed E-state index contributed by atoms with van der Waals surface area (Å²) in [4.78, 5) is 26.2. The van der Waals surface area contributed by atoms with E-state index in [0.717, 1.165) is 0 Å². The van der Waals surface area contributed by atoms with Crippen molar-refractivity contribution in [3.63, 3.8) is 0 Å². The number of hydrogen-bond donors (Lipinski definition) is 0. The van der Waals surface area contributed by atoms with E-state index in [1.165, 1.54) is 24.2 Å². The van der Waals surface area contributed by atoms with Crippen molar-refractivity contribution in [1.29, 1.82) is 0 Å².